The third kappa shape index (κ3) is 3.87. The number of likely N-dealkylation sites (tertiary alicyclic amines) is 1. The van der Waals surface area contributed by atoms with Crippen molar-refractivity contribution < 1.29 is 19.4 Å². The summed E-state index contributed by atoms with van der Waals surface area (Å²) in [5.41, 5.74) is -1.06. The molecule has 1 heterocycles. The van der Waals surface area contributed by atoms with E-state index in [4.69, 9.17) is 4.74 Å². The van der Waals surface area contributed by atoms with Crippen molar-refractivity contribution in [2.24, 2.45) is 0 Å². The Bertz CT molecular complexity index is 372. The van der Waals surface area contributed by atoms with Crippen molar-refractivity contribution >= 4 is 12.0 Å². The number of carboxylic acids is 1. The summed E-state index contributed by atoms with van der Waals surface area (Å²) in [7, 11) is 0. The fourth-order valence-corrected chi connectivity index (χ4v) is 3.29. The van der Waals surface area contributed by atoms with Crippen LogP contribution in [0.2, 0.25) is 0 Å². The van der Waals surface area contributed by atoms with Gasteiger partial charge in [-0.25, -0.2) is 9.59 Å². The van der Waals surface area contributed by atoms with Gasteiger partial charge in [-0.2, -0.15) is 0 Å². The first-order chi connectivity index (χ1) is 10.1. The maximum atomic E-state index is 12.4. The Morgan fingerprint density at radius 3 is 2.38 bits per heavy atom. The highest BCUT2D eigenvalue weighted by Crippen LogP contribution is 2.29. The predicted octanol–water partition coefficient (Wildman–Crippen LogP) is 1.98. The van der Waals surface area contributed by atoms with E-state index in [1.807, 2.05) is 6.92 Å². The Morgan fingerprint density at radius 2 is 1.86 bits per heavy atom. The van der Waals surface area contributed by atoms with Crippen LogP contribution in [0.3, 0.4) is 0 Å². The summed E-state index contributed by atoms with van der Waals surface area (Å²) in [6.45, 7) is 3.93. The molecular formula is C15H26N2O4. The number of hydrogen-bond donors (Lipinski definition) is 2. The Morgan fingerprint density at radius 1 is 1.24 bits per heavy atom. The zero-order chi connectivity index (χ0) is 15.3. The summed E-state index contributed by atoms with van der Waals surface area (Å²) < 4.78 is 5.57. The monoisotopic (exact) mass is 298 g/mol. The van der Waals surface area contributed by atoms with E-state index >= 15 is 0 Å². The normalized spacial score (nSPS) is 22.8. The van der Waals surface area contributed by atoms with Gasteiger partial charge in [-0.3, -0.25) is 0 Å². The molecule has 1 saturated heterocycles. The van der Waals surface area contributed by atoms with Gasteiger partial charge >= 0.3 is 12.0 Å². The van der Waals surface area contributed by atoms with Gasteiger partial charge in [0.15, 0.2) is 0 Å². The van der Waals surface area contributed by atoms with E-state index in [0.29, 0.717) is 32.5 Å². The molecule has 0 radical (unpaired) electrons. The first kappa shape index (κ1) is 16.1. The van der Waals surface area contributed by atoms with Crippen LogP contribution < -0.4 is 5.32 Å². The molecule has 1 saturated carbocycles. The molecule has 2 rings (SSSR count). The second kappa shape index (κ2) is 7.11. The number of nitrogens with zero attached hydrogens (tertiary/aromatic N) is 1. The van der Waals surface area contributed by atoms with Crippen LogP contribution >= 0.6 is 0 Å². The summed E-state index contributed by atoms with van der Waals surface area (Å²) in [6, 6.07) is -0.241. The number of amides is 2. The van der Waals surface area contributed by atoms with Crippen molar-refractivity contribution in [2.45, 2.75) is 63.5 Å². The molecule has 2 aliphatic rings. The molecule has 6 heteroatoms. The average Bonchev–Trinajstić information content (AvgIpc) is 2.49. The summed E-state index contributed by atoms with van der Waals surface area (Å²) in [6.07, 6.45) is 5.69. The molecule has 0 spiro atoms. The van der Waals surface area contributed by atoms with Crippen LogP contribution in [0.15, 0.2) is 0 Å². The van der Waals surface area contributed by atoms with Crippen molar-refractivity contribution in [3.05, 3.63) is 0 Å². The molecule has 0 aromatic carbocycles. The van der Waals surface area contributed by atoms with Crippen molar-refractivity contribution in [3.8, 4) is 0 Å². The zero-order valence-corrected chi connectivity index (χ0v) is 12.8. The van der Waals surface area contributed by atoms with Crippen molar-refractivity contribution in [3.63, 3.8) is 0 Å². The van der Waals surface area contributed by atoms with Crippen LogP contribution in [0.25, 0.3) is 0 Å². The Kier molecular flexibility index (Phi) is 5.45. The van der Waals surface area contributed by atoms with Gasteiger partial charge in [0.25, 0.3) is 0 Å². The van der Waals surface area contributed by atoms with Crippen LogP contribution in [0.4, 0.5) is 4.79 Å². The lowest BCUT2D eigenvalue weighted by Gasteiger charge is -2.38. The molecule has 1 aliphatic carbocycles. The van der Waals surface area contributed by atoms with Gasteiger partial charge in [0.2, 0.25) is 0 Å². The quantitative estimate of drug-likeness (QED) is 0.832. The molecule has 21 heavy (non-hydrogen) atoms. The molecule has 0 aromatic rings. The van der Waals surface area contributed by atoms with Gasteiger partial charge in [0.05, 0.1) is 6.10 Å². The first-order valence-electron chi connectivity index (χ1n) is 7.99. The van der Waals surface area contributed by atoms with Gasteiger partial charge in [-0.15, -0.1) is 0 Å². The van der Waals surface area contributed by atoms with Crippen LogP contribution in [-0.4, -0.2) is 53.3 Å². The SMILES string of the molecule is CCOC1CCN(C(=O)NC2(C(=O)O)CCCCC2)CC1. The fourth-order valence-electron chi connectivity index (χ4n) is 3.29. The van der Waals surface area contributed by atoms with Gasteiger partial charge in [-0.05, 0) is 32.6 Å². The third-order valence-corrected chi connectivity index (χ3v) is 4.59. The molecule has 6 nitrogen and oxygen atoms in total. The maximum Gasteiger partial charge on any atom is 0.329 e. The minimum Gasteiger partial charge on any atom is -0.480 e. The van der Waals surface area contributed by atoms with E-state index in [2.05, 4.69) is 5.32 Å². The second-order valence-electron chi connectivity index (χ2n) is 6.02. The number of carboxylic acid groups (broad SMARTS) is 1. The maximum absolute atomic E-state index is 12.4. The third-order valence-electron chi connectivity index (χ3n) is 4.59. The number of nitrogens with one attached hydrogen (secondary N) is 1. The summed E-state index contributed by atoms with van der Waals surface area (Å²) in [5, 5.41) is 12.3. The summed E-state index contributed by atoms with van der Waals surface area (Å²) >= 11 is 0. The summed E-state index contributed by atoms with van der Waals surface area (Å²) in [5.74, 6) is -0.903. The van der Waals surface area contributed by atoms with E-state index in [1.165, 1.54) is 0 Å². The van der Waals surface area contributed by atoms with Crippen molar-refractivity contribution in [2.75, 3.05) is 19.7 Å². The number of carbonyl (C=O) groups excluding carboxylic acids is 1. The Labute approximate surface area is 125 Å². The van der Waals surface area contributed by atoms with E-state index in [0.717, 1.165) is 32.1 Å². The van der Waals surface area contributed by atoms with E-state index in [9.17, 15) is 14.7 Å². The molecule has 2 fully saturated rings. The molecule has 0 bridgehead atoms. The minimum absolute atomic E-state index is 0.224. The largest absolute Gasteiger partial charge is 0.480 e. The van der Waals surface area contributed by atoms with Crippen molar-refractivity contribution in [1.82, 2.24) is 10.2 Å². The Hall–Kier alpha value is -1.30. The van der Waals surface area contributed by atoms with E-state index < -0.39 is 11.5 Å². The Balaban J connectivity index is 1.90. The number of ether oxygens (including phenoxy) is 1. The van der Waals surface area contributed by atoms with Crippen molar-refractivity contribution in [1.29, 1.82) is 0 Å². The van der Waals surface area contributed by atoms with Crippen LogP contribution in [0.1, 0.15) is 51.9 Å². The highest BCUT2D eigenvalue weighted by atomic mass is 16.5. The molecule has 2 N–H and O–H groups in total. The second-order valence-corrected chi connectivity index (χ2v) is 6.02. The smallest absolute Gasteiger partial charge is 0.329 e. The fraction of sp³-hybridized carbons (Fsp3) is 0.867. The highest BCUT2D eigenvalue weighted by molar-refractivity contribution is 5.86. The van der Waals surface area contributed by atoms with Gasteiger partial charge in [0.1, 0.15) is 5.54 Å². The number of hydrogen-bond acceptors (Lipinski definition) is 3. The van der Waals surface area contributed by atoms with Gasteiger partial charge in [-0.1, -0.05) is 19.3 Å². The topological polar surface area (TPSA) is 78.9 Å². The molecule has 0 unspecified atom stereocenters. The molecule has 0 atom stereocenters. The number of piperidine rings is 1. The van der Waals surface area contributed by atoms with Gasteiger partial charge < -0.3 is 20.1 Å². The molecule has 0 aromatic heterocycles. The lowest BCUT2D eigenvalue weighted by Crippen LogP contribution is -2.59. The van der Waals surface area contributed by atoms with Crippen LogP contribution in [-0.2, 0) is 9.53 Å². The first-order valence-corrected chi connectivity index (χ1v) is 7.99. The molecule has 120 valence electrons. The number of rotatable bonds is 4. The lowest BCUT2D eigenvalue weighted by atomic mass is 9.82. The molecule has 1 aliphatic heterocycles. The van der Waals surface area contributed by atoms with Crippen LogP contribution in [0.5, 0.6) is 0 Å². The predicted molar refractivity (Wildman–Crippen MR) is 78.2 cm³/mol. The minimum atomic E-state index is -1.06. The van der Waals surface area contributed by atoms with Gasteiger partial charge in [0, 0.05) is 19.7 Å². The van der Waals surface area contributed by atoms with E-state index in [1.54, 1.807) is 4.90 Å². The standard InChI is InChI=1S/C15H26N2O4/c1-2-21-12-6-10-17(11-7-12)14(20)16-15(13(18)19)8-4-3-5-9-15/h12H,2-11H2,1H3,(H,16,20)(H,18,19). The average molecular weight is 298 g/mol. The molecule has 2 amide bonds. The highest BCUT2D eigenvalue weighted by Gasteiger charge is 2.42. The summed E-state index contributed by atoms with van der Waals surface area (Å²) in [4.78, 5) is 25.6. The number of carbonyl (C=O) groups is 2. The lowest BCUT2D eigenvalue weighted by molar-refractivity contribution is -0.146. The number of aliphatic carboxylic acids is 1. The van der Waals surface area contributed by atoms with E-state index in [-0.39, 0.29) is 12.1 Å². The zero-order valence-electron chi connectivity index (χ0n) is 12.8. The van der Waals surface area contributed by atoms with Crippen LogP contribution in [0, 0.1) is 0 Å². The number of urea groups is 1. The molecular weight excluding hydrogens is 272 g/mol.